The van der Waals surface area contributed by atoms with E-state index in [1.165, 1.54) is 0 Å². The quantitative estimate of drug-likeness (QED) is 0.500. The van der Waals surface area contributed by atoms with Crippen LogP contribution in [0.4, 0.5) is 0 Å². The summed E-state index contributed by atoms with van der Waals surface area (Å²) < 4.78 is 26.5. The molecule has 1 atom stereocenters. The third-order valence-corrected chi connectivity index (χ3v) is 3.43. The summed E-state index contributed by atoms with van der Waals surface area (Å²) in [5, 5.41) is 0. The molecule has 1 aliphatic heterocycles. The highest BCUT2D eigenvalue weighted by Crippen LogP contribution is 2.27. The van der Waals surface area contributed by atoms with E-state index in [0.717, 1.165) is 5.57 Å². The molecule has 0 spiro atoms. The Morgan fingerprint density at radius 2 is 1.90 bits per heavy atom. The molecule has 0 saturated carbocycles. The molecule has 0 saturated heterocycles. The van der Waals surface area contributed by atoms with Crippen LogP contribution < -0.4 is 0 Å². The summed E-state index contributed by atoms with van der Waals surface area (Å²) in [6, 6.07) is 0. The van der Waals surface area contributed by atoms with Gasteiger partial charge in [-0.05, 0) is 26.3 Å². The number of hydrogen-bond acceptors (Lipinski definition) is 3. The molecule has 0 bridgehead atoms. The molecule has 1 heterocycles. The van der Waals surface area contributed by atoms with Gasteiger partial charge in [0.25, 0.3) is 10.1 Å². The standard InChI is InChI=1S/C6H10O3S/c1-4-5(2)9-10(7,8)6(4)3/h5H,1-3H3. The zero-order valence-corrected chi connectivity index (χ0v) is 7.03. The first-order valence-corrected chi connectivity index (χ1v) is 4.46. The Kier molecular flexibility index (Phi) is 1.60. The van der Waals surface area contributed by atoms with Crippen molar-refractivity contribution in [2.75, 3.05) is 0 Å². The van der Waals surface area contributed by atoms with Crippen LogP contribution in [0, 0.1) is 0 Å². The molecule has 3 nitrogen and oxygen atoms in total. The second-order valence-electron chi connectivity index (χ2n) is 2.43. The minimum Gasteiger partial charge on any atom is -0.259 e. The molecule has 0 aromatic carbocycles. The Morgan fingerprint density at radius 1 is 1.40 bits per heavy atom. The lowest BCUT2D eigenvalue weighted by Gasteiger charge is -1.98. The highest BCUT2D eigenvalue weighted by Gasteiger charge is 2.29. The molecule has 4 heteroatoms. The van der Waals surface area contributed by atoms with Crippen LogP contribution in [0.2, 0.25) is 0 Å². The molecule has 0 aromatic rings. The monoisotopic (exact) mass is 162 g/mol. The summed E-state index contributed by atoms with van der Waals surface area (Å²) >= 11 is 0. The normalized spacial score (nSPS) is 31.3. The first kappa shape index (κ1) is 7.75. The van der Waals surface area contributed by atoms with E-state index < -0.39 is 10.1 Å². The van der Waals surface area contributed by atoms with Crippen LogP contribution in [0.3, 0.4) is 0 Å². The van der Waals surface area contributed by atoms with Gasteiger partial charge in [0, 0.05) is 0 Å². The van der Waals surface area contributed by atoms with Gasteiger partial charge in [0.15, 0.2) is 0 Å². The third-order valence-electron chi connectivity index (χ3n) is 1.81. The Labute approximate surface area is 60.8 Å². The lowest BCUT2D eigenvalue weighted by Crippen LogP contribution is -2.05. The summed E-state index contributed by atoms with van der Waals surface area (Å²) in [5.41, 5.74) is 0.806. The van der Waals surface area contributed by atoms with Crippen LogP contribution in [0.25, 0.3) is 0 Å². The molecule has 0 N–H and O–H groups in total. The van der Waals surface area contributed by atoms with Crippen LogP contribution in [-0.2, 0) is 14.3 Å². The predicted molar refractivity (Wildman–Crippen MR) is 37.8 cm³/mol. The summed E-state index contributed by atoms with van der Waals surface area (Å²) in [5.74, 6) is 0. The van der Waals surface area contributed by atoms with Crippen LogP contribution in [-0.4, -0.2) is 14.5 Å². The fraction of sp³-hybridized carbons (Fsp3) is 0.667. The van der Waals surface area contributed by atoms with Gasteiger partial charge in [0.1, 0.15) is 0 Å². The Hall–Kier alpha value is -0.350. The van der Waals surface area contributed by atoms with E-state index in [1.807, 2.05) is 0 Å². The molecule has 10 heavy (non-hydrogen) atoms. The van der Waals surface area contributed by atoms with E-state index in [4.69, 9.17) is 0 Å². The van der Waals surface area contributed by atoms with Crippen LogP contribution >= 0.6 is 0 Å². The van der Waals surface area contributed by atoms with Crippen molar-refractivity contribution in [2.24, 2.45) is 0 Å². The third kappa shape index (κ3) is 0.973. The largest absolute Gasteiger partial charge is 0.293 e. The van der Waals surface area contributed by atoms with Crippen molar-refractivity contribution in [3.8, 4) is 0 Å². The maximum atomic E-state index is 10.9. The predicted octanol–water partition coefficient (Wildman–Crippen LogP) is 1.03. The van der Waals surface area contributed by atoms with E-state index in [-0.39, 0.29) is 6.10 Å². The molecule has 0 fully saturated rings. The highest BCUT2D eigenvalue weighted by atomic mass is 32.2. The van der Waals surface area contributed by atoms with Crippen molar-refractivity contribution in [2.45, 2.75) is 26.9 Å². The fourth-order valence-electron chi connectivity index (χ4n) is 0.818. The highest BCUT2D eigenvalue weighted by molar-refractivity contribution is 7.90. The zero-order chi connectivity index (χ0) is 7.94. The molecule has 1 unspecified atom stereocenters. The van der Waals surface area contributed by atoms with Crippen molar-refractivity contribution in [3.05, 3.63) is 10.5 Å². The van der Waals surface area contributed by atoms with Crippen molar-refractivity contribution < 1.29 is 12.6 Å². The molecule has 58 valence electrons. The lowest BCUT2D eigenvalue weighted by molar-refractivity contribution is 0.280. The van der Waals surface area contributed by atoms with E-state index in [1.54, 1.807) is 20.8 Å². The number of rotatable bonds is 0. The van der Waals surface area contributed by atoms with Crippen molar-refractivity contribution >= 4 is 10.1 Å². The minimum absolute atomic E-state index is 0.273. The summed E-state index contributed by atoms with van der Waals surface area (Å²) in [7, 11) is -3.34. The van der Waals surface area contributed by atoms with Gasteiger partial charge in [-0.15, -0.1) is 0 Å². The first-order valence-electron chi connectivity index (χ1n) is 3.06. The average molecular weight is 162 g/mol. The molecule has 0 aliphatic carbocycles. The van der Waals surface area contributed by atoms with Crippen molar-refractivity contribution in [3.63, 3.8) is 0 Å². The van der Waals surface area contributed by atoms with E-state index in [2.05, 4.69) is 4.18 Å². The summed E-state index contributed by atoms with van der Waals surface area (Å²) in [4.78, 5) is 0.361. The van der Waals surface area contributed by atoms with Crippen LogP contribution in [0.15, 0.2) is 10.5 Å². The molecule has 1 rings (SSSR count). The second kappa shape index (κ2) is 2.07. The first-order chi connectivity index (χ1) is 4.45. The van der Waals surface area contributed by atoms with E-state index >= 15 is 0 Å². The van der Waals surface area contributed by atoms with Crippen molar-refractivity contribution in [1.82, 2.24) is 0 Å². The molecular weight excluding hydrogens is 152 g/mol. The van der Waals surface area contributed by atoms with Gasteiger partial charge < -0.3 is 0 Å². The lowest BCUT2D eigenvalue weighted by atomic mass is 10.2. The van der Waals surface area contributed by atoms with E-state index in [0.29, 0.717) is 4.91 Å². The zero-order valence-electron chi connectivity index (χ0n) is 6.21. The summed E-state index contributed by atoms with van der Waals surface area (Å²) in [6.07, 6.45) is -0.273. The molecule has 0 radical (unpaired) electrons. The van der Waals surface area contributed by atoms with E-state index in [9.17, 15) is 8.42 Å². The van der Waals surface area contributed by atoms with Gasteiger partial charge in [-0.3, -0.25) is 4.18 Å². The van der Waals surface area contributed by atoms with Gasteiger partial charge >= 0.3 is 0 Å². The number of hydrogen-bond donors (Lipinski definition) is 0. The van der Waals surface area contributed by atoms with Gasteiger partial charge in [0.2, 0.25) is 0 Å². The van der Waals surface area contributed by atoms with Crippen LogP contribution in [0.1, 0.15) is 20.8 Å². The maximum Gasteiger partial charge on any atom is 0.293 e. The smallest absolute Gasteiger partial charge is 0.259 e. The van der Waals surface area contributed by atoms with Gasteiger partial charge in [-0.25, -0.2) is 0 Å². The molecule has 0 aromatic heterocycles. The Balaban J connectivity index is 3.20. The SMILES string of the molecule is CC1=C(C)S(=O)(=O)OC1C. The summed E-state index contributed by atoms with van der Waals surface area (Å²) in [6.45, 7) is 5.06. The van der Waals surface area contributed by atoms with Crippen molar-refractivity contribution in [1.29, 1.82) is 0 Å². The van der Waals surface area contributed by atoms with Gasteiger partial charge in [-0.1, -0.05) is 0 Å². The average Bonchev–Trinajstić information content (AvgIpc) is 1.95. The Bertz CT molecular complexity index is 273. The van der Waals surface area contributed by atoms with Gasteiger partial charge in [0.05, 0.1) is 11.0 Å². The Morgan fingerprint density at radius 3 is 2.00 bits per heavy atom. The van der Waals surface area contributed by atoms with Gasteiger partial charge in [-0.2, -0.15) is 8.42 Å². The van der Waals surface area contributed by atoms with Crippen LogP contribution in [0.5, 0.6) is 0 Å². The minimum atomic E-state index is -3.34. The number of allylic oxidation sites excluding steroid dienone is 1. The fourth-order valence-corrected chi connectivity index (χ4v) is 2.05. The molecule has 0 amide bonds. The molecular formula is C6H10O3S. The molecule has 1 aliphatic rings. The maximum absolute atomic E-state index is 10.9. The topological polar surface area (TPSA) is 43.4 Å². The second-order valence-corrected chi connectivity index (χ2v) is 4.14.